The first kappa shape index (κ1) is 14.5. The zero-order chi connectivity index (χ0) is 13.7. The van der Waals surface area contributed by atoms with Crippen LogP contribution in [0.3, 0.4) is 0 Å². The molecule has 0 spiro atoms. The summed E-state index contributed by atoms with van der Waals surface area (Å²) >= 11 is 0. The highest BCUT2D eigenvalue weighted by atomic mass is 15.1. The Bertz CT molecular complexity index is 383. The molecule has 0 radical (unpaired) electrons. The summed E-state index contributed by atoms with van der Waals surface area (Å²) in [6, 6.07) is 4.37. The van der Waals surface area contributed by atoms with Crippen molar-refractivity contribution in [2.75, 3.05) is 19.6 Å². The maximum atomic E-state index is 4.59. The molecule has 3 nitrogen and oxygen atoms in total. The molecule has 0 unspecified atom stereocenters. The van der Waals surface area contributed by atoms with Crippen LogP contribution in [0.25, 0.3) is 0 Å². The molecule has 0 bridgehead atoms. The van der Waals surface area contributed by atoms with Gasteiger partial charge < -0.3 is 5.32 Å². The topological polar surface area (TPSA) is 28.2 Å². The minimum absolute atomic E-state index is 0.462. The quantitative estimate of drug-likeness (QED) is 0.883. The van der Waals surface area contributed by atoms with Crippen molar-refractivity contribution in [3.63, 3.8) is 0 Å². The van der Waals surface area contributed by atoms with Gasteiger partial charge in [0.2, 0.25) is 0 Å². The summed E-state index contributed by atoms with van der Waals surface area (Å²) < 4.78 is 0. The highest BCUT2D eigenvalue weighted by molar-refractivity contribution is 5.14. The normalized spacial score (nSPS) is 19.5. The van der Waals surface area contributed by atoms with E-state index >= 15 is 0 Å². The highest BCUT2D eigenvalue weighted by Crippen LogP contribution is 2.28. The monoisotopic (exact) mass is 261 g/mol. The van der Waals surface area contributed by atoms with Gasteiger partial charge in [-0.05, 0) is 43.0 Å². The Hall–Kier alpha value is -0.930. The van der Waals surface area contributed by atoms with Gasteiger partial charge >= 0.3 is 0 Å². The molecule has 0 atom stereocenters. The molecule has 1 N–H and O–H groups in total. The van der Waals surface area contributed by atoms with Crippen LogP contribution in [0.4, 0.5) is 0 Å². The smallest absolute Gasteiger partial charge is 0.0544 e. The molecular weight excluding hydrogens is 234 g/mol. The highest BCUT2D eigenvalue weighted by Gasteiger charge is 2.26. The standard InChI is InChI=1S/C16H27N3/c1-4-17-10-14-6-7-15(18-11-14)12-19-9-5-8-16(2,3)13-19/h6-7,11,17H,4-5,8-10,12-13H2,1-3H3. The van der Waals surface area contributed by atoms with Gasteiger partial charge in [-0.1, -0.05) is 26.8 Å². The van der Waals surface area contributed by atoms with Gasteiger partial charge in [-0.15, -0.1) is 0 Å². The number of aromatic nitrogens is 1. The van der Waals surface area contributed by atoms with Crippen molar-refractivity contribution >= 4 is 0 Å². The summed E-state index contributed by atoms with van der Waals surface area (Å²) in [4.78, 5) is 7.13. The Balaban J connectivity index is 1.88. The van der Waals surface area contributed by atoms with E-state index in [1.165, 1.54) is 37.2 Å². The Morgan fingerprint density at radius 3 is 2.84 bits per heavy atom. The van der Waals surface area contributed by atoms with Crippen molar-refractivity contribution in [3.8, 4) is 0 Å². The van der Waals surface area contributed by atoms with Crippen molar-refractivity contribution in [2.24, 2.45) is 5.41 Å². The molecule has 3 heteroatoms. The van der Waals surface area contributed by atoms with Crippen LogP contribution in [0.15, 0.2) is 18.3 Å². The molecular formula is C16H27N3. The van der Waals surface area contributed by atoms with E-state index in [1.807, 2.05) is 6.20 Å². The third-order valence-corrected chi connectivity index (χ3v) is 3.83. The number of hydrogen-bond donors (Lipinski definition) is 1. The fourth-order valence-electron chi connectivity index (χ4n) is 2.83. The van der Waals surface area contributed by atoms with Crippen molar-refractivity contribution < 1.29 is 0 Å². The Morgan fingerprint density at radius 1 is 1.37 bits per heavy atom. The van der Waals surface area contributed by atoms with Gasteiger partial charge in [0, 0.05) is 25.8 Å². The fraction of sp³-hybridized carbons (Fsp3) is 0.688. The maximum absolute atomic E-state index is 4.59. The Labute approximate surface area is 117 Å². The Morgan fingerprint density at radius 2 is 2.21 bits per heavy atom. The van der Waals surface area contributed by atoms with Crippen molar-refractivity contribution in [2.45, 2.75) is 46.7 Å². The summed E-state index contributed by atoms with van der Waals surface area (Å²) in [7, 11) is 0. The SMILES string of the molecule is CCNCc1ccc(CN2CCCC(C)(C)C2)nc1. The second-order valence-electron chi connectivity index (χ2n) is 6.42. The fourth-order valence-corrected chi connectivity index (χ4v) is 2.83. The molecule has 2 heterocycles. The largest absolute Gasteiger partial charge is 0.313 e. The first-order chi connectivity index (χ1) is 9.09. The minimum Gasteiger partial charge on any atom is -0.313 e. The number of nitrogens with one attached hydrogen (secondary N) is 1. The van der Waals surface area contributed by atoms with Crippen molar-refractivity contribution in [3.05, 3.63) is 29.6 Å². The number of piperidine rings is 1. The van der Waals surface area contributed by atoms with Gasteiger partial charge in [0.05, 0.1) is 5.69 Å². The summed E-state index contributed by atoms with van der Waals surface area (Å²) in [5, 5.41) is 3.33. The first-order valence-corrected chi connectivity index (χ1v) is 7.46. The third-order valence-electron chi connectivity index (χ3n) is 3.83. The van der Waals surface area contributed by atoms with E-state index in [4.69, 9.17) is 0 Å². The van der Waals surface area contributed by atoms with E-state index in [2.05, 4.69) is 48.1 Å². The van der Waals surface area contributed by atoms with Crippen LogP contribution in [-0.4, -0.2) is 29.5 Å². The van der Waals surface area contributed by atoms with Crippen LogP contribution in [0, 0.1) is 5.41 Å². The van der Waals surface area contributed by atoms with Gasteiger partial charge in [-0.3, -0.25) is 9.88 Å². The van der Waals surface area contributed by atoms with Gasteiger partial charge in [-0.25, -0.2) is 0 Å². The second kappa shape index (κ2) is 6.49. The predicted octanol–water partition coefficient (Wildman–Crippen LogP) is 2.81. The van der Waals surface area contributed by atoms with Crippen LogP contribution in [0.5, 0.6) is 0 Å². The van der Waals surface area contributed by atoms with Crippen LogP contribution in [0.1, 0.15) is 44.9 Å². The summed E-state index contributed by atoms with van der Waals surface area (Å²) in [5.41, 5.74) is 2.92. The number of rotatable bonds is 5. The van der Waals surface area contributed by atoms with Gasteiger partial charge in [0.1, 0.15) is 0 Å². The van der Waals surface area contributed by atoms with E-state index in [0.29, 0.717) is 5.41 Å². The van der Waals surface area contributed by atoms with Gasteiger partial charge in [-0.2, -0.15) is 0 Å². The lowest BCUT2D eigenvalue weighted by molar-refractivity contribution is 0.110. The minimum atomic E-state index is 0.462. The van der Waals surface area contributed by atoms with Crippen LogP contribution in [-0.2, 0) is 13.1 Å². The molecule has 0 aliphatic carbocycles. The maximum Gasteiger partial charge on any atom is 0.0544 e. The molecule has 0 aromatic carbocycles. The molecule has 1 aromatic heterocycles. The van der Waals surface area contributed by atoms with Crippen LogP contribution < -0.4 is 5.32 Å². The molecule has 106 valence electrons. The second-order valence-corrected chi connectivity index (χ2v) is 6.42. The van der Waals surface area contributed by atoms with Crippen molar-refractivity contribution in [1.82, 2.24) is 15.2 Å². The molecule has 1 aliphatic rings. The molecule has 19 heavy (non-hydrogen) atoms. The molecule has 0 saturated carbocycles. The molecule has 1 fully saturated rings. The van der Waals surface area contributed by atoms with E-state index in [0.717, 1.165) is 19.6 Å². The average Bonchev–Trinajstić information content (AvgIpc) is 2.37. The Kier molecular flexibility index (Phi) is 4.94. The zero-order valence-corrected chi connectivity index (χ0v) is 12.6. The van der Waals surface area contributed by atoms with E-state index < -0.39 is 0 Å². The average molecular weight is 261 g/mol. The number of likely N-dealkylation sites (tertiary alicyclic amines) is 1. The number of hydrogen-bond acceptors (Lipinski definition) is 3. The molecule has 1 saturated heterocycles. The van der Waals surface area contributed by atoms with Crippen LogP contribution in [0.2, 0.25) is 0 Å². The summed E-state index contributed by atoms with van der Waals surface area (Å²) in [6.45, 7) is 12.2. The molecule has 2 rings (SSSR count). The number of nitrogens with zero attached hydrogens (tertiary/aromatic N) is 2. The van der Waals surface area contributed by atoms with Crippen LogP contribution >= 0.6 is 0 Å². The lowest BCUT2D eigenvalue weighted by atomic mass is 9.84. The van der Waals surface area contributed by atoms with Gasteiger partial charge in [0.25, 0.3) is 0 Å². The molecule has 1 aliphatic heterocycles. The lowest BCUT2D eigenvalue weighted by Gasteiger charge is -2.37. The van der Waals surface area contributed by atoms with E-state index in [1.54, 1.807) is 0 Å². The lowest BCUT2D eigenvalue weighted by Crippen LogP contribution is -2.39. The summed E-state index contributed by atoms with van der Waals surface area (Å²) in [6.07, 6.45) is 4.66. The van der Waals surface area contributed by atoms with Crippen molar-refractivity contribution in [1.29, 1.82) is 0 Å². The number of pyridine rings is 1. The predicted molar refractivity (Wildman–Crippen MR) is 79.9 cm³/mol. The van der Waals surface area contributed by atoms with E-state index in [9.17, 15) is 0 Å². The van der Waals surface area contributed by atoms with E-state index in [-0.39, 0.29) is 0 Å². The van der Waals surface area contributed by atoms with Gasteiger partial charge in [0.15, 0.2) is 0 Å². The molecule has 1 aromatic rings. The first-order valence-electron chi connectivity index (χ1n) is 7.46. The third kappa shape index (κ3) is 4.59. The zero-order valence-electron chi connectivity index (χ0n) is 12.6. The molecule has 0 amide bonds. The summed E-state index contributed by atoms with van der Waals surface area (Å²) in [5.74, 6) is 0.